The van der Waals surface area contributed by atoms with Crippen LogP contribution in [0, 0.1) is 0 Å². The first kappa shape index (κ1) is 16.2. The molecule has 1 fully saturated rings. The van der Waals surface area contributed by atoms with Crippen molar-refractivity contribution in [2.45, 2.75) is 37.6 Å². The Morgan fingerprint density at radius 3 is 2.56 bits per heavy atom. The summed E-state index contributed by atoms with van der Waals surface area (Å²) >= 11 is 1.73. The van der Waals surface area contributed by atoms with Gasteiger partial charge in [0.15, 0.2) is 0 Å². The Bertz CT molecular complexity index is 862. The lowest BCUT2D eigenvalue weighted by atomic mass is 9.98. The third kappa shape index (κ3) is 3.43. The summed E-state index contributed by atoms with van der Waals surface area (Å²) in [6.07, 6.45) is 4.41. The van der Waals surface area contributed by atoms with E-state index in [2.05, 4.69) is 16.4 Å². The van der Waals surface area contributed by atoms with Crippen molar-refractivity contribution in [3.8, 4) is 0 Å². The fourth-order valence-electron chi connectivity index (χ4n) is 3.36. The predicted octanol–water partition coefficient (Wildman–Crippen LogP) is 4.10. The number of nitrogens with one attached hydrogen (secondary N) is 1. The lowest BCUT2D eigenvalue weighted by molar-refractivity contribution is -0.121. The van der Waals surface area contributed by atoms with Gasteiger partial charge >= 0.3 is 0 Å². The number of nitrogens with zero attached hydrogens (tertiary/aromatic N) is 1. The Morgan fingerprint density at radius 1 is 1.12 bits per heavy atom. The highest BCUT2D eigenvalue weighted by Gasteiger charge is 2.36. The maximum Gasteiger partial charge on any atom is 0.244 e. The number of rotatable bonds is 4. The first-order chi connectivity index (χ1) is 12.1. The average molecular weight is 351 g/mol. The summed E-state index contributed by atoms with van der Waals surface area (Å²) < 4.78 is 1.21. The molecule has 5 heteroatoms. The van der Waals surface area contributed by atoms with Crippen molar-refractivity contribution in [3.05, 3.63) is 59.1 Å². The van der Waals surface area contributed by atoms with Gasteiger partial charge in [-0.15, -0.1) is 11.3 Å². The molecular formula is C20H21N3OS. The van der Waals surface area contributed by atoms with E-state index in [4.69, 9.17) is 5.73 Å². The number of anilines is 1. The van der Waals surface area contributed by atoms with Gasteiger partial charge < -0.3 is 11.1 Å². The van der Waals surface area contributed by atoms with Gasteiger partial charge in [0.2, 0.25) is 5.91 Å². The molecule has 1 aliphatic carbocycles. The van der Waals surface area contributed by atoms with Crippen LogP contribution in [0.3, 0.4) is 0 Å². The molecule has 1 aliphatic rings. The molecular weight excluding hydrogens is 330 g/mol. The van der Waals surface area contributed by atoms with Gasteiger partial charge in [0.05, 0.1) is 20.8 Å². The fourth-order valence-corrected chi connectivity index (χ4v) is 4.37. The zero-order chi connectivity index (χ0) is 17.3. The van der Waals surface area contributed by atoms with E-state index in [9.17, 15) is 4.79 Å². The molecule has 128 valence electrons. The predicted molar refractivity (Wildman–Crippen MR) is 103 cm³/mol. The van der Waals surface area contributed by atoms with Gasteiger partial charge in [-0.3, -0.25) is 4.79 Å². The molecule has 1 saturated carbocycles. The SMILES string of the molecule is NC1(C(=O)Nc2ccc(Cc3nc4ccccc4s3)cc2)CCCC1. The molecule has 0 saturated heterocycles. The molecule has 2 aromatic carbocycles. The second-order valence-electron chi connectivity index (χ2n) is 6.77. The number of amides is 1. The molecule has 4 nitrogen and oxygen atoms in total. The first-order valence-electron chi connectivity index (χ1n) is 8.66. The minimum atomic E-state index is -0.695. The monoisotopic (exact) mass is 351 g/mol. The van der Waals surface area contributed by atoms with E-state index in [1.54, 1.807) is 11.3 Å². The molecule has 25 heavy (non-hydrogen) atoms. The smallest absolute Gasteiger partial charge is 0.244 e. The van der Waals surface area contributed by atoms with Crippen LogP contribution >= 0.6 is 11.3 Å². The Kier molecular flexibility index (Phi) is 4.27. The average Bonchev–Trinajstić information content (AvgIpc) is 3.23. The second-order valence-corrected chi connectivity index (χ2v) is 7.88. The highest BCUT2D eigenvalue weighted by molar-refractivity contribution is 7.18. The summed E-state index contributed by atoms with van der Waals surface area (Å²) in [5.74, 6) is -0.0658. The van der Waals surface area contributed by atoms with Crippen molar-refractivity contribution < 1.29 is 4.79 Å². The van der Waals surface area contributed by atoms with Gasteiger partial charge in [-0.05, 0) is 42.7 Å². The zero-order valence-corrected chi connectivity index (χ0v) is 14.8. The minimum absolute atomic E-state index is 0.0658. The van der Waals surface area contributed by atoms with E-state index in [1.165, 1.54) is 10.3 Å². The number of carbonyl (C=O) groups is 1. The quantitative estimate of drug-likeness (QED) is 0.744. The largest absolute Gasteiger partial charge is 0.324 e. The molecule has 0 bridgehead atoms. The number of carbonyl (C=O) groups excluding carboxylic acids is 1. The van der Waals surface area contributed by atoms with Crippen molar-refractivity contribution in [1.82, 2.24) is 4.98 Å². The van der Waals surface area contributed by atoms with Crippen molar-refractivity contribution in [1.29, 1.82) is 0 Å². The van der Waals surface area contributed by atoms with E-state index in [0.717, 1.165) is 48.3 Å². The number of para-hydroxylation sites is 1. The first-order valence-corrected chi connectivity index (χ1v) is 9.48. The van der Waals surface area contributed by atoms with Gasteiger partial charge in [0, 0.05) is 12.1 Å². The summed E-state index contributed by atoms with van der Waals surface area (Å²) in [5.41, 5.74) is 8.54. The molecule has 3 N–H and O–H groups in total. The highest BCUT2D eigenvalue weighted by atomic mass is 32.1. The Morgan fingerprint density at radius 2 is 1.84 bits per heavy atom. The number of thiazole rings is 1. The maximum atomic E-state index is 12.4. The summed E-state index contributed by atoms with van der Waals surface area (Å²) in [6, 6.07) is 16.2. The summed E-state index contributed by atoms with van der Waals surface area (Å²) in [4.78, 5) is 17.0. The molecule has 0 unspecified atom stereocenters. The van der Waals surface area contributed by atoms with Crippen molar-refractivity contribution in [2.24, 2.45) is 5.73 Å². The van der Waals surface area contributed by atoms with E-state index in [1.807, 2.05) is 42.5 Å². The Labute approximate surface area is 151 Å². The minimum Gasteiger partial charge on any atom is -0.324 e. The number of nitrogens with two attached hydrogens (primary N) is 1. The van der Waals surface area contributed by atoms with Gasteiger partial charge in [-0.2, -0.15) is 0 Å². The van der Waals surface area contributed by atoms with Crippen LogP contribution in [0.4, 0.5) is 5.69 Å². The van der Waals surface area contributed by atoms with Crippen LogP contribution in [-0.4, -0.2) is 16.4 Å². The van der Waals surface area contributed by atoms with E-state index < -0.39 is 5.54 Å². The summed E-state index contributed by atoms with van der Waals surface area (Å²) in [6.45, 7) is 0. The lowest BCUT2D eigenvalue weighted by Gasteiger charge is -2.22. The third-order valence-corrected chi connectivity index (χ3v) is 5.89. The Hall–Kier alpha value is -2.24. The van der Waals surface area contributed by atoms with Crippen LogP contribution < -0.4 is 11.1 Å². The van der Waals surface area contributed by atoms with Crippen LogP contribution in [-0.2, 0) is 11.2 Å². The zero-order valence-electron chi connectivity index (χ0n) is 14.0. The molecule has 0 spiro atoms. The van der Waals surface area contributed by atoms with E-state index >= 15 is 0 Å². The normalized spacial score (nSPS) is 16.2. The number of benzene rings is 2. The molecule has 1 heterocycles. The van der Waals surface area contributed by atoms with Gasteiger partial charge in [0.25, 0.3) is 0 Å². The van der Waals surface area contributed by atoms with Crippen molar-refractivity contribution in [3.63, 3.8) is 0 Å². The molecule has 0 atom stereocenters. The van der Waals surface area contributed by atoms with Gasteiger partial charge in [-0.25, -0.2) is 4.98 Å². The molecule has 0 aliphatic heterocycles. The third-order valence-electron chi connectivity index (χ3n) is 4.85. The van der Waals surface area contributed by atoms with E-state index in [-0.39, 0.29) is 5.91 Å². The standard InChI is InChI=1S/C20H21N3OS/c21-20(11-3-4-12-20)19(24)22-15-9-7-14(8-10-15)13-18-23-16-5-1-2-6-17(16)25-18/h1-2,5-10H,3-4,11-13,21H2,(H,22,24). The van der Waals surface area contributed by atoms with Crippen molar-refractivity contribution >= 4 is 33.1 Å². The summed E-state index contributed by atoms with van der Waals surface area (Å²) in [7, 11) is 0. The number of fused-ring (bicyclic) bond motifs is 1. The fraction of sp³-hybridized carbons (Fsp3) is 0.300. The van der Waals surface area contributed by atoms with Crippen LogP contribution in [0.15, 0.2) is 48.5 Å². The molecule has 4 rings (SSSR count). The highest BCUT2D eigenvalue weighted by Crippen LogP contribution is 2.29. The second kappa shape index (κ2) is 6.58. The van der Waals surface area contributed by atoms with Crippen molar-refractivity contribution in [2.75, 3.05) is 5.32 Å². The van der Waals surface area contributed by atoms with Crippen LogP contribution in [0.2, 0.25) is 0 Å². The number of hydrogen-bond acceptors (Lipinski definition) is 4. The van der Waals surface area contributed by atoms with Crippen LogP contribution in [0.1, 0.15) is 36.3 Å². The molecule has 3 aromatic rings. The van der Waals surface area contributed by atoms with Gasteiger partial charge in [-0.1, -0.05) is 37.1 Å². The number of hydrogen-bond donors (Lipinski definition) is 2. The van der Waals surface area contributed by atoms with Crippen LogP contribution in [0.25, 0.3) is 10.2 Å². The molecule has 0 radical (unpaired) electrons. The maximum absolute atomic E-state index is 12.4. The molecule has 1 amide bonds. The summed E-state index contributed by atoms with van der Waals surface area (Å²) in [5, 5.41) is 4.06. The van der Waals surface area contributed by atoms with E-state index in [0.29, 0.717) is 0 Å². The number of aromatic nitrogens is 1. The Balaban J connectivity index is 1.44. The topological polar surface area (TPSA) is 68.0 Å². The van der Waals surface area contributed by atoms with Gasteiger partial charge in [0.1, 0.15) is 0 Å². The van der Waals surface area contributed by atoms with Crippen LogP contribution in [0.5, 0.6) is 0 Å². The lowest BCUT2D eigenvalue weighted by Crippen LogP contribution is -2.48. The molecule has 1 aromatic heterocycles.